The third-order valence-electron chi connectivity index (χ3n) is 5.41. The Morgan fingerprint density at radius 1 is 0.675 bits per heavy atom. The fourth-order valence-corrected chi connectivity index (χ4v) is 3.60. The van der Waals surface area contributed by atoms with Crippen LogP contribution in [0.3, 0.4) is 0 Å². The van der Waals surface area contributed by atoms with E-state index in [4.69, 9.17) is 9.47 Å². The van der Waals surface area contributed by atoms with Crippen molar-refractivity contribution in [2.45, 2.75) is 37.9 Å². The number of ketones is 1. The molecule has 11 nitrogen and oxygen atoms in total. The molecule has 40 heavy (non-hydrogen) atoms. The molecule has 2 aromatic carbocycles. The molecule has 0 aromatic heterocycles. The average Bonchev–Trinajstić information content (AvgIpc) is 2.93. The van der Waals surface area contributed by atoms with Crippen LogP contribution in [0.5, 0.6) is 11.5 Å². The van der Waals surface area contributed by atoms with Crippen LogP contribution in [0.4, 0.5) is 0 Å². The highest BCUT2D eigenvalue weighted by Gasteiger charge is 2.42. The lowest BCUT2D eigenvalue weighted by molar-refractivity contribution is -0.269. The number of benzene rings is 2. The molecule has 0 radical (unpaired) electrons. The molecule has 2 aromatic rings. The highest BCUT2D eigenvalue weighted by atomic mass is 17.2. The fraction of sp³-hybridized carbons (Fsp3) is 0.345. The maximum atomic E-state index is 13.1. The van der Waals surface area contributed by atoms with Gasteiger partial charge in [0.15, 0.2) is 5.78 Å². The number of carbonyl (C=O) groups is 3. The molecule has 0 spiro atoms. The summed E-state index contributed by atoms with van der Waals surface area (Å²) in [4.78, 5) is 53.0. The minimum absolute atomic E-state index is 0.0133. The standard InChI is InChI=1S/C29H34O11/c1-5-25(30)39-37-17-15-35-23-11-7-21(8-12-23)19-28(3,33)27(32)29(4,34)20-22-9-13-24(14-10-22)36-16-18-38-40-26(31)6-2/h5-14,33-34H,1-2,15-20H2,3-4H3. The molecule has 0 amide bonds. The third-order valence-corrected chi connectivity index (χ3v) is 5.41. The molecule has 2 atom stereocenters. The second-order valence-electron chi connectivity index (χ2n) is 9.07. The zero-order valence-electron chi connectivity index (χ0n) is 22.5. The Morgan fingerprint density at radius 2 is 1.02 bits per heavy atom. The van der Waals surface area contributed by atoms with Gasteiger partial charge in [-0.25, -0.2) is 9.59 Å². The molecule has 11 heteroatoms. The molecule has 0 heterocycles. The number of hydrogen-bond donors (Lipinski definition) is 2. The largest absolute Gasteiger partial charge is 0.491 e. The topological polar surface area (TPSA) is 147 Å². The molecule has 2 rings (SSSR count). The van der Waals surface area contributed by atoms with Gasteiger partial charge in [0.05, 0.1) is 0 Å². The number of Topliss-reactive ketones (excluding diaryl/α,β-unsaturated/α-hetero) is 1. The monoisotopic (exact) mass is 558 g/mol. The predicted octanol–water partition coefficient (Wildman–Crippen LogP) is 2.62. The van der Waals surface area contributed by atoms with Gasteiger partial charge in [0.2, 0.25) is 0 Å². The minimum Gasteiger partial charge on any atom is -0.491 e. The van der Waals surface area contributed by atoms with Gasteiger partial charge in [-0.05, 0) is 49.2 Å². The van der Waals surface area contributed by atoms with Crippen LogP contribution in [0.2, 0.25) is 0 Å². The number of carbonyl (C=O) groups excluding carboxylic acids is 3. The molecule has 2 unspecified atom stereocenters. The van der Waals surface area contributed by atoms with E-state index in [9.17, 15) is 24.6 Å². The number of rotatable bonds is 18. The van der Waals surface area contributed by atoms with Crippen molar-refractivity contribution in [3.8, 4) is 11.5 Å². The molecule has 0 aliphatic carbocycles. The normalized spacial score (nSPS) is 13.7. The Bertz CT molecular complexity index is 1050. The first-order chi connectivity index (χ1) is 19.0. The summed E-state index contributed by atoms with van der Waals surface area (Å²) in [6, 6.07) is 13.4. The van der Waals surface area contributed by atoms with Crippen molar-refractivity contribution in [2.75, 3.05) is 26.4 Å². The van der Waals surface area contributed by atoms with Gasteiger partial charge < -0.3 is 19.7 Å². The van der Waals surface area contributed by atoms with E-state index in [2.05, 4.69) is 32.7 Å². The summed E-state index contributed by atoms with van der Waals surface area (Å²) >= 11 is 0. The molecule has 216 valence electrons. The number of aliphatic hydroxyl groups is 2. The van der Waals surface area contributed by atoms with E-state index in [1.54, 1.807) is 48.5 Å². The highest BCUT2D eigenvalue weighted by molar-refractivity contribution is 5.94. The van der Waals surface area contributed by atoms with Gasteiger partial charge in [0.25, 0.3) is 0 Å². The van der Waals surface area contributed by atoms with Crippen molar-refractivity contribution >= 4 is 17.7 Å². The summed E-state index contributed by atoms with van der Waals surface area (Å²) < 4.78 is 11.0. The van der Waals surface area contributed by atoms with Crippen LogP contribution in [0.15, 0.2) is 73.8 Å². The van der Waals surface area contributed by atoms with E-state index < -0.39 is 28.9 Å². The van der Waals surface area contributed by atoms with Crippen LogP contribution >= 0.6 is 0 Å². The van der Waals surface area contributed by atoms with Gasteiger partial charge in [-0.2, -0.15) is 9.78 Å². The first-order valence-electron chi connectivity index (χ1n) is 12.3. The third kappa shape index (κ3) is 11.0. The average molecular weight is 559 g/mol. The quantitative estimate of drug-likeness (QED) is 0.120. The molecule has 0 aliphatic rings. The Balaban J connectivity index is 1.84. The van der Waals surface area contributed by atoms with Gasteiger partial charge in [0.1, 0.15) is 49.1 Å². The zero-order valence-corrected chi connectivity index (χ0v) is 22.5. The molecule has 0 bridgehead atoms. The second-order valence-corrected chi connectivity index (χ2v) is 9.07. The van der Waals surface area contributed by atoms with Gasteiger partial charge in [-0.3, -0.25) is 14.6 Å². The summed E-state index contributed by atoms with van der Waals surface area (Å²) in [5.74, 6) is -1.12. The number of hydrogen-bond acceptors (Lipinski definition) is 11. The Kier molecular flexibility index (Phi) is 12.5. The maximum Gasteiger partial charge on any atom is 0.365 e. The molecule has 0 aliphatic heterocycles. The Hall–Kier alpha value is -4.03. The highest BCUT2D eigenvalue weighted by Crippen LogP contribution is 2.26. The van der Waals surface area contributed by atoms with Crippen molar-refractivity contribution in [1.82, 2.24) is 0 Å². The van der Waals surface area contributed by atoms with Gasteiger partial charge >= 0.3 is 11.9 Å². The van der Waals surface area contributed by atoms with E-state index in [1.165, 1.54) is 13.8 Å². The van der Waals surface area contributed by atoms with Crippen molar-refractivity contribution in [1.29, 1.82) is 0 Å². The van der Waals surface area contributed by atoms with Crippen molar-refractivity contribution in [2.24, 2.45) is 0 Å². The first-order valence-corrected chi connectivity index (χ1v) is 12.3. The fourth-order valence-electron chi connectivity index (χ4n) is 3.60. The molecule has 0 fully saturated rings. The van der Waals surface area contributed by atoms with Crippen LogP contribution in [0.25, 0.3) is 0 Å². The summed E-state index contributed by atoms with van der Waals surface area (Å²) in [6.45, 7) is 9.49. The van der Waals surface area contributed by atoms with Gasteiger partial charge in [0, 0.05) is 25.0 Å². The van der Waals surface area contributed by atoms with E-state index in [-0.39, 0.29) is 39.3 Å². The molecule has 0 saturated heterocycles. The van der Waals surface area contributed by atoms with Crippen molar-refractivity contribution in [3.05, 3.63) is 85.0 Å². The smallest absolute Gasteiger partial charge is 0.365 e. The predicted molar refractivity (Wildman–Crippen MR) is 142 cm³/mol. The summed E-state index contributed by atoms with van der Waals surface area (Å²) in [5.41, 5.74) is -2.37. The molecular weight excluding hydrogens is 524 g/mol. The first kappa shape index (κ1) is 32.2. The van der Waals surface area contributed by atoms with E-state index in [1.807, 2.05) is 0 Å². The van der Waals surface area contributed by atoms with Crippen LogP contribution < -0.4 is 9.47 Å². The SMILES string of the molecule is C=CC(=O)OOCCOc1ccc(CC(C)(O)C(=O)C(C)(O)Cc2ccc(OCCOOC(=O)C=C)cc2)cc1. The van der Waals surface area contributed by atoms with E-state index in [0.29, 0.717) is 22.6 Å². The Labute approximate surface area is 232 Å². The summed E-state index contributed by atoms with van der Waals surface area (Å²) in [6.07, 6.45) is 1.89. The molecular formula is C29H34O11. The Morgan fingerprint density at radius 3 is 1.35 bits per heavy atom. The van der Waals surface area contributed by atoms with Crippen molar-refractivity contribution < 1.29 is 53.6 Å². The van der Waals surface area contributed by atoms with Gasteiger partial charge in [-0.15, -0.1) is 0 Å². The lowest BCUT2D eigenvalue weighted by atomic mass is 9.80. The van der Waals surface area contributed by atoms with E-state index in [0.717, 1.165) is 12.2 Å². The molecule has 2 N–H and O–H groups in total. The van der Waals surface area contributed by atoms with E-state index >= 15 is 0 Å². The zero-order chi connectivity index (χ0) is 29.6. The molecule has 0 saturated carbocycles. The second kappa shape index (κ2) is 15.5. The van der Waals surface area contributed by atoms with Crippen LogP contribution in [-0.2, 0) is 46.8 Å². The summed E-state index contributed by atoms with van der Waals surface area (Å²) in [5, 5.41) is 21.9. The lowest BCUT2D eigenvalue weighted by Crippen LogP contribution is -2.52. The van der Waals surface area contributed by atoms with Crippen molar-refractivity contribution in [3.63, 3.8) is 0 Å². The lowest BCUT2D eigenvalue weighted by Gasteiger charge is -2.31. The van der Waals surface area contributed by atoms with Crippen LogP contribution in [0.1, 0.15) is 25.0 Å². The minimum atomic E-state index is -1.84. The maximum absolute atomic E-state index is 13.1. The number of ether oxygens (including phenoxy) is 2. The van der Waals surface area contributed by atoms with Crippen LogP contribution in [0, 0.1) is 0 Å². The van der Waals surface area contributed by atoms with Crippen LogP contribution in [-0.4, -0.2) is 65.6 Å². The summed E-state index contributed by atoms with van der Waals surface area (Å²) in [7, 11) is 0. The van der Waals surface area contributed by atoms with Gasteiger partial charge in [-0.1, -0.05) is 37.4 Å².